The number of aliphatic carboxylic acids is 1. The molecule has 0 saturated carbocycles. The molecule has 0 heterocycles. The third kappa shape index (κ3) is 4.18. The zero-order valence-corrected chi connectivity index (χ0v) is 12.3. The first kappa shape index (κ1) is 14.8. The Labute approximate surface area is 116 Å². The van der Waals surface area contributed by atoms with Crippen LogP contribution in [-0.4, -0.2) is 24.2 Å². The maximum absolute atomic E-state index is 10.5. The van der Waals surface area contributed by atoms with Crippen LogP contribution in [0, 0.1) is 0 Å². The molecule has 1 aromatic rings. The molecule has 0 spiro atoms. The van der Waals surface area contributed by atoms with Gasteiger partial charge in [-0.2, -0.15) is 0 Å². The third-order valence-electron chi connectivity index (χ3n) is 2.61. The lowest BCUT2D eigenvalue weighted by Crippen LogP contribution is -2.23. The summed E-state index contributed by atoms with van der Waals surface area (Å²) in [7, 11) is 0. The molecule has 1 N–H and O–H groups in total. The van der Waals surface area contributed by atoms with E-state index >= 15 is 0 Å². The van der Waals surface area contributed by atoms with Gasteiger partial charge in [-0.15, -0.1) is 0 Å². The van der Waals surface area contributed by atoms with Crippen LogP contribution < -0.4 is 4.90 Å². The second-order valence-electron chi connectivity index (χ2n) is 3.96. The van der Waals surface area contributed by atoms with E-state index in [4.69, 9.17) is 5.11 Å². The Balaban J connectivity index is 2.94. The van der Waals surface area contributed by atoms with Crippen LogP contribution in [-0.2, 0) is 4.79 Å². The third-order valence-corrected chi connectivity index (χ3v) is 3.24. The molecule has 0 fully saturated rings. The molecule has 1 aromatic carbocycles. The number of halogens is 1. The van der Waals surface area contributed by atoms with Crippen molar-refractivity contribution in [1.82, 2.24) is 0 Å². The zero-order valence-electron chi connectivity index (χ0n) is 10.7. The second kappa shape index (κ2) is 7.21. The first-order valence-corrected chi connectivity index (χ1v) is 6.83. The predicted molar refractivity (Wildman–Crippen MR) is 79.0 cm³/mol. The highest BCUT2D eigenvalue weighted by Gasteiger charge is 2.07. The summed E-state index contributed by atoms with van der Waals surface area (Å²) in [5.74, 6) is -0.934. The average Bonchev–Trinajstić information content (AvgIpc) is 2.34. The SMILES string of the molecule is CCCN(CC)c1ccc(/C=C/C(=O)O)cc1Br. The second-order valence-corrected chi connectivity index (χ2v) is 4.82. The molecular weight excluding hydrogens is 294 g/mol. The first-order valence-electron chi connectivity index (χ1n) is 6.04. The maximum atomic E-state index is 10.5. The van der Waals surface area contributed by atoms with E-state index in [0.717, 1.165) is 41.3 Å². The van der Waals surface area contributed by atoms with Gasteiger partial charge in [-0.25, -0.2) is 4.79 Å². The van der Waals surface area contributed by atoms with Gasteiger partial charge in [0.25, 0.3) is 0 Å². The molecule has 0 bridgehead atoms. The van der Waals surface area contributed by atoms with Gasteiger partial charge in [-0.3, -0.25) is 0 Å². The number of hydrogen-bond donors (Lipinski definition) is 1. The molecule has 1 rings (SSSR count). The lowest BCUT2D eigenvalue weighted by Gasteiger charge is -2.23. The van der Waals surface area contributed by atoms with E-state index in [1.54, 1.807) is 6.08 Å². The molecule has 0 saturated heterocycles. The van der Waals surface area contributed by atoms with Gasteiger partial charge in [0.05, 0.1) is 5.69 Å². The van der Waals surface area contributed by atoms with Crippen LogP contribution >= 0.6 is 15.9 Å². The molecule has 0 amide bonds. The quantitative estimate of drug-likeness (QED) is 0.813. The standard InChI is InChI=1S/C14H18BrNO2/c1-3-9-16(4-2)13-7-5-11(10-12(13)15)6-8-14(17)18/h5-8,10H,3-4,9H2,1-2H3,(H,17,18)/b8-6+. The summed E-state index contributed by atoms with van der Waals surface area (Å²) >= 11 is 3.54. The highest BCUT2D eigenvalue weighted by molar-refractivity contribution is 9.10. The number of carbonyl (C=O) groups is 1. The Bertz CT molecular complexity index is 443. The Morgan fingerprint density at radius 2 is 2.17 bits per heavy atom. The molecule has 0 radical (unpaired) electrons. The van der Waals surface area contributed by atoms with Crippen LogP contribution in [0.3, 0.4) is 0 Å². The maximum Gasteiger partial charge on any atom is 0.328 e. The number of benzene rings is 1. The van der Waals surface area contributed by atoms with Gasteiger partial charge >= 0.3 is 5.97 Å². The normalized spacial score (nSPS) is 10.8. The largest absolute Gasteiger partial charge is 0.478 e. The van der Waals surface area contributed by atoms with Gasteiger partial charge in [0, 0.05) is 23.6 Å². The van der Waals surface area contributed by atoms with Crippen LogP contribution in [0.5, 0.6) is 0 Å². The minimum Gasteiger partial charge on any atom is -0.478 e. The minimum atomic E-state index is -0.934. The molecule has 0 aliphatic carbocycles. The van der Waals surface area contributed by atoms with Gasteiger partial charge in [0.2, 0.25) is 0 Å². The molecule has 0 unspecified atom stereocenters. The molecular formula is C14H18BrNO2. The summed E-state index contributed by atoms with van der Waals surface area (Å²) in [4.78, 5) is 12.7. The summed E-state index contributed by atoms with van der Waals surface area (Å²) in [6, 6.07) is 5.88. The number of anilines is 1. The summed E-state index contributed by atoms with van der Waals surface area (Å²) in [5, 5.41) is 8.59. The zero-order chi connectivity index (χ0) is 13.5. The van der Waals surface area contributed by atoms with E-state index in [0.29, 0.717) is 0 Å². The summed E-state index contributed by atoms with van der Waals surface area (Å²) < 4.78 is 0.991. The molecule has 0 aliphatic rings. The molecule has 18 heavy (non-hydrogen) atoms. The highest BCUT2D eigenvalue weighted by Crippen LogP contribution is 2.28. The van der Waals surface area contributed by atoms with E-state index in [1.165, 1.54) is 0 Å². The van der Waals surface area contributed by atoms with Crippen molar-refractivity contribution in [3.05, 3.63) is 34.3 Å². The van der Waals surface area contributed by atoms with Crippen LogP contribution in [0.15, 0.2) is 28.7 Å². The van der Waals surface area contributed by atoms with Crippen LogP contribution in [0.4, 0.5) is 5.69 Å². The van der Waals surface area contributed by atoms with Gasteiger partial charge < -0.3 is 10.0 Å². The number of carboxylic acids is 1. The fourth-order valence-electron chi connectivity index (χ4n) is 1.77. The number of nitrogens with zero attached hydrogens (tertiary/aromatic N) is 1. The van der Waals surface area contributed by atoms with E-state index in [9.17, 15) is 4.79 Å². The minimum absolute atomic E-state index is 0.876. The molecule has 4 heteroatoms. The van der Waals surface area contributed by atoms with Crippen molar-refractivity contribution in [1.29, 1.82) is 0 Å². The molecule has 0 aromatic heterocycles. The number of hydrogen-bond acceptors (Lipinski definition) is 2. The molecule has 3 nitrogen and oxygen atoms in total. The van der Waals surface area contributed by atoms with Crippen molar-refractivity contribution in [2.45, 2.75) is 20.3 Å². The summed E-state index contributed by atoms with van der Waals surface area (Å²) in [6.07, 6.45) is 3.83. The average molecular weight is 312 g/mol. The number of carboxylic acid groups (broad SMARTS) is 1. The highest BCUT2D eigenvalue weighted by atomic mass is 79.9. The van der Waals surface area contributed by atoms with Gasteiger partial charge in [0.1, 0.15) is 0 Å². The van der Waals surface area contributed by atoms with E-state index in [-0.39, 0.29) is 0 Å². The van der Waals surface area contributed by atoms with E-state index < -0.39 is 5.97 Å². The lowest BCUT2D eigenvalue weighted by molar-refractivity contribution is -0.131. The fraction of sp³-hybridized carbons (Fsp3) is 0.357. The van der Waals surface area contributed by atoms with E-state index in [1.807, 2.05) is 18.2 Å². The molecule has 98 valence electrons. The Kier molecular flexibility index (Phi) is 5.92. The first-order chi connectivity index (χ1) is 8.58. The molecule has 0 aliphatic heterocycles. The molecule has 0 atom stereocenters. The topological polar surface area (TPSA) is 40.5 Å². The van der Waals surface area contributed by atoms with Gasteiger partial charge in [0.15, 0.2) is 0 Å². The van der Waals surface area contributed by atoms with Crippen molar-refractivity contribution < 1.29 is 9.90 Å². The van der Waals surface area contributed by atoms with Crippen molar-refractivity contribution in [2.24, 2.45) is 0 Å². The monoisotopic (exact) mass is 311 g/mol. The van der Waals surface area contributed by atoms with Crippen LogP contribution in [0.2, 0.25) is 0 Å². The Morgan fingerprint density at radius 1 is 1.44 bits per heavy atom. The summed E-state index contributed by atoms with van der Waals surface area (Å²) in [6.45, 7) is 6.25. The van der Waals surface area contributed by atoms with Crippen molar-refractivity contribution in [3.8, 4) is 0 Å². The van der Waals surface area contributed by atoms with Crippen molar-refractivity contribution in [2.75, 3.05) is 18.0 Å². The van der Waals surface area contributed by atoms with Crippen molar-refractivity contribution in [3.63, 3.8) is 0 Å². The van der Waals surface area contributed by atoms with E-state index in [2.05, 4.69) is 34.7 Å². The van der Waals surface area contributed by atoms with Crippen LogP contribution in [0.25, 0.3) is 6.08 Å². The summed E-state index contributed by atoms with van der Waals surface area (Å²) in [5.41, 5.74) is 2.02. The Morgan fingerprint density at radius 3 is 2.67 bits per heavy atom. The lowest BCUT2D eigenvalue weighted by atomic mass is 10.1. The smallest absolute Gasteiger partial charge is 0.328 e. The van der Waals surface area contributed by atoms with Gasteiger partial charge in [-0.05, 0) is 53.0 Å². The van der Waals surface area contributed by atoms with Crippen LogP contribution in [0.1, 0.15) is 25.8 Å². The fourth-order valence-corrected chi connectivity index (χ4v) is 2.42. The number of rotatable bonds is 6. The van der Waals surface area contributed by atoms with Gasteiger partial charge in [-0.1, -0.05) is 13.0 Å². The van der Waals surface area contributed by atoms with Crippen molar-refractivity contribution >= 4 is 33.7 Å². The predicted octanol–water partition coefficient (Wildman–Crippen LogP) is 3.78. The Hall–Kier alpha value is -1.29.